The van der Waals surface area contributed by atoms with Crippen LogP contribution < -0.4 is 10.1 Å². The van der Waals surface area contributed by atoms with E-state index in [1.165, 1.54) is 24.2 Å². The summed E-state index contributed by atoms with van der Waals surface area (Å²) in [5, 5.41) is 3.48. The van der Waals surface area contributed by atoms with Crippen LogP contribution in [0.2, 0.25) is 0 Å². The minimum atomic E-state index is -0.0982. The number of carbonyl (C=O) groups excluding carboxylic acids is 1. The molecule has 7 heteroatoms. The maximum atomic E-state index is 12.3. The Bertz CT molecular complexity index is 742. The number of nitrogens with one attached hydrogen (secondary N) is 1. The number of ether oxygens (including phenoxy) is 1. The summed E-state index contributed by atoms with van der Waals surface area (Å²) >= 11 is 3.29. The number of anilines is 1. The smallest absolute Gasteiger partial charge is 0.232 e. The number of hydrogen-bond acceptors (Lipinski definition) is 6. The third kappa shape index (κ3) is 5.71. The molecule has 1 N–H and O–H groups in total. The van der Waals surface area contributed by atoms with Gasteiger partial charge in [-0.1, -0.05) is 6.92 Å². The molecule has 0 aliphatic heterocycles. The number of thiazole rings is 1. The van der Waals surface area contributed by atoms with E-state index in [0.717, 1.165) is 46.4 Å². The average molecular weight is 392 g/mol. The number of pyridine rings is 1. The molecule has 3 rings (SSSR count). The van der Waals surface area contributed by atoms with Crippen LogP contribution in [-0.2, 0) is 17.0 Å². The molecule has 140 valence electrons. The number of thioether (sulfide) groups is 1. The molecule has 0 unspecified atom stereocenters. The van der Waals surface area contributed by atoms with Crippen LogP contribution in [0.5, 0.6) is 5.75 Å². The molecular weight excluding hydrogens is 366 g/mol. The lowest BCUT2D eigenvalue weighted by atomic mass is 10.2. The Morgan fingerprint density at radius 3 is 2.81 bits per heavy atom. The minimum absolute atomic E-state index is 0.0982. The van der Waals surface area contributed by atoms with Crippen molar-refractivity contribution in [3.05, 3.63) is 34.6 Å². The van der Waals surface area contributed by atoms with E-state index in [-0.39, 0.29) is 12.3 Å². The zero-order chi connectivity index (χ0) is 18.4. The van der Waals surface area contributed by atoms with Crippen molar-refractivity contribution in [1.82, 2.24) is 9.97 Å². The maximum Gasteiger partial charge on any atom is 0.232 e. The van der Waals surface area contributed by atoms with Crippen molar-refractivity contribution in [3.63, 3.8) is 0 Å². The summed E-state index contributed by atoms with van der Waals surface area (Å²) < 4.78 is 6.15. The summed E-state index contributed by atoms with van der Waals surface area (Å²) in [5.74, 6) is 2.61. The molecule has 1 fully saturated rings. The highest BCUT2D eigenvalue weighted by molar-refractivity contribution is 7.98. The molecule has 2 heterocycles. The van der Waals surface area contributed by atoms with Gasteiger partial charge >= 0.3 is 0 Å². The molecule has 1 aliphatic rings. The van der Waals surface area contributed by atoms with Gasteiger partial charge in [-0.15, -0.1) is 11.3 Å². The lowest BCUT2D eigenvalue weighted by Crippen LogP contribution is -2.16. The van der Waals surface area contributed by atoms with E-state index < -0.39 is 0 Å². The Morgan fingerprint density at radius 1 is 1.35 bits per heavy atom. The molecule has 5 nitrogen and oxygen atoms in total. The Balaban J connectivity index is 1.69. The molecule has 0 aromatic carbocycles. The molecular formula is C19H25N3O2S2. The first-order valence-electron chi connectivity index (χ1n) is 9.09. The fraction of sp³-hybridized carbons (Fsp3) is 0.526. The minimum Gasteiger partial charge on any atom is -0.490 e. The quantitative estimate of drug-likeness (QED) is 0.712. The van der Waals surface area contributed by atoms with Crippen LogP contribution in [0.3, 0.4) is 0 Å². The number of nitrogens with zero attached hydrogens (tertiary/aromatic N) is 2. The molecule has 26 heavy (non-hydrogen) atoms. The van der Waals surface area contributed by atoms with Crippen molar-refractivity contribution < 1.29 is 9.53 Å². The second-order valence-corrected chi connectivity index (χ2v) is 8.96. The van der Waals surface area contributed by atoms with E-state index in [1.54, 1.807) is 6.20 Å². The van der Waals surface area contributed by atoms with Gasteiger partial charge in [0.1, 0.15) is 5.75 Å². The first-order chi connectivity index (χ1) is 12.6. The summed E-state index contributed by atoms with van der Waals surface area (Å²) in [5.41, 5.74) is 1.72. The molecule has 0 saturated heterocycles. The monoisotopic (exact) mass is 391 g/mol. The van der Waals surface area contributed by atoms with Gasteiger partial charge in [-0.25, -0.2) is 4.98 Å². The van der Waals surface area contributed by atoms with Gasteiger partial charge in [-0.05, 0) is 38.4 Å². The summed E-state index contributed by atoms with van der Waals surface area (Å²) in [4.78, 5) is 22.2. The normalized spacial score (nSPS) is 14.5. The average Bonchev–Trinajstić information content (AvgIpc) is 3.24. The van der Waals surface area contributed by atoms with E-state index in [0.29, 0.717) is 11.2 Å². The summed E-state index contributed by atoms with van der Waals surface area (Å²) in [6.45, 7) is 4.10. The van der Waals surface area contributed by atoms with Crippen molar-refractivity contribution in [1.29, 1.82) is 0 Å². The van der Waals surface area contributed by atoms with Crippen molar-refractivity contribution >= 4 is 34.1 Å². The summed E-state index contributed by atoms with van der Waals surface area (Å²) in [7, 11) is 0. The molecule has 0 radical (unpaired) electrons. The van der Waals surface area contributed by atoms with Gasteiger partial charge in [0.05, 0.1) is 23.9 Å². The zero-order valence-corrected chi connectivity index (χ0v) is 16.9. The predicted molar refractivity (Wildman–Crippen MR) is 108 cm³/mol. The molecule has 0 bridgehead atoms. The Hall–Kier alpha value is -1.60. The van der Waals surface area contributed by atoms with E-state index >= 15 is 0 Å². The number of amides is 1. The SMILES string of the molecule is CCSCc1cc(OC2CCCC2)cc(CC(=O)Nc2ncc(C)s2)n1. The number of rotatable bonds is 8. The largest absolute Gasteiger partial charge is 0.490 e. The second-order valence-electron chi connectivity index (χ2n) is 6.45. The van der Waals surface area contributed by atoms with Crippen LogP contribution in [0.1, 0.15) is 48.9 Å². The number of aryl methyl sites for hydroxylation is 1. The third-order valence-corrected chi connectivity index (χ3v) is 5.91. The van der Waals surface area contributed by atoms with Gasteiger partial charge < -0.3 is 10.1 Å². The fourth-order valence-corrected chi connectivity index (χ4v) is 4.24. The Morgan fingerprint density at radius 2 is 2.12 bits per heavy atom. The molecule has 2 aromatic heterocycles. The summed E-state index contributed by atoms with van der Waals surface area (Å²) in [6.07, 6.45) is 6.97. The van der Waals surface area contributed by atoms with Gasteiger partial charge in [0.25, 0.3) is 0 Å². The number of aromatic nitrogens is 2. The highest BCUT2D eigenvalue weighted by Crippen LogP contribution is 2.26. The van der Waals surface area contributed by atoms with Gasteiger partial charge in [0.2, 0.25) is 5.91 Å². The van der Waals surface area contributed by atoms with E-state index in [1.807, 2.05) is 30.8 Å². The van der Waals surface area contributed by atoms with Gasteiger partial charge in [0, 0.05) is 29.0 Å². The van der Waals surface area contributed by atoms with Gasteiger partial charge in [-0.3, -0.25) is 9.78 Å². The topological polar surface area (TPSA) is 64.1 Å². The number of hydrogen-bond donors (Lipinski definition) is 1. The zero-order valence-electron chi connectivity index (χ0n) is 15.3. The van der Waals surface area contributed by atoms with Gasteiger partial charge in [-0.2, -0.15) is 11.8 Å². The van der Waals surface area contributed by atoms with Crippen molar-refractivity contribution in [3.8, 4) is 5.75 Å². The van der Waals surface area contributed by atoms with Gasteiger partial charge in [0.15, 0.2) is 5.13 Å². The predicted octanol–water partition coefficient (Wildman–Crippen LogP) is 4.60. The summed E-state index contributed by atoms with van der Waals surface area (Å²) in [6, 6.07) is 3.93. The van der Waals surface area contributed by atoms with E-state index in [2.05, 4.69) is 22.2 Å². The molecule has 1 saturated carbocycles. The Kier molecular flexibility index (Phi) is 6.91. The van der Waals surface area contributed by atoms with E-state index in [9.17, 15) is 4.79 Å². The van der Waals surface area contributed by atoms with Crippen LogP contribution in [0.25, 0.3) is 0 Å². The highest BCUT2D eigenvalue weighted by atomic mass is 32.2. The second kappa shape index (κ2) is 9.37. The van der Waals surface area contributed by atoms with Crippen molar-refractivity contribution in [2.75, 3.05) is 11.1 Å². The molecule has 2 aromatic rings. The first-order valence-corrected chi connectivity index (χ1v) is 11.1. The van der Waals surface area contributed by atoms with Crippen LogP contribution in [0.4, 0.5) is 5.13 Å². The molecule has 1 amide bonds. The standard InChI is InChI=1S/C19H25N3O2S2/c1-3-25-12-15-9-17(24-16-6-4-5-7-16)8-14(21-15)10-18(23)22-19-20-11-13(2)26-19/h8-9,11,16H,3-7,10,12H2,1-2H3,(H,20,22,23). The van der Waals surface area contributed by atoms with Crippen LogP contribution >= 0.6 is 23.1 Å². The number of carbonyl (C=O) groups is 1. The van der Waals surface area contributed by atoms with E-state index in [4.69, 9.17) is 4.74 Å². The van der Waals surface area contributed by atoms with Crippen LogP contribution in [-0.4, -0.2) is 27.7 Å². The maximum absolute atomic E-state index is 12.3. The highest BCUT2D eigenvalue weighted by Gasteiger charge is 2.18. The van der Waals surface area contributed by atoms with Crippen molar-refractivity contribution in [2.45, 2.75) is 57.8 Å². The lowest BCUT2D eigenvalue weighted by molar-refractivity contribution is -0.115. The van der Waals surface area contributed by atoms with Crippen LogP contribution in [0.15, 0.2) is 18.3 Å². The fourth-order valence-electron chi connectivity index (χ4n) is 3.00. The molecule has 0 spiro atoms. The third-order valence-electron chi connectivity index (χ3n) is 4.17. The molecule has 1 aliphatic carbocycles. The van der Waals surface area contributed by atoms with Crippen LogP contribution in [0, 0.1) is 6.92 Å². The lowest BCUT2D eigenvalue weighted by Gasteiger charge is -2.15. The first kappa shape index (κ1) is 19.2. The molecule has 0 atom stereocenters. The Labute approximate surface area is 163 Å². The van der Waals surface area contributed by atoms with Crippen molar-refractivity contribution in [2.24, 2.45) is 0 Å².